The van der Waals surface area contributed by atoms with E-state index in [1.807, 2.05) is 32.8 Å². The zero-order valence-electron chi connectivity index (χ0n) is 28.2. The number of carbonyl (C=O) groups excluding carboxylic acids is 4. The molecule has 0 aromatic heterocycles. The molecule has 0 aliphatic carbocycles. The van der Waals surface area contributed by atoms with E-state index in [9.17, 15) is 24.3 Å². The van der Waals surface area contributed by atoms with E-state index < -0.39 is 83.4 Å². The quantitative estimate of drug-likeness (QED) is 0.331. The Morgan fingerprint density at radius 2 is 1.66 bits per heavy atom. The first-order chi connectivity index (χ1) is 20.4. The molecule has 12 heteroatoms. The summed E-state index contributed by atoms with van der Waals surface area (Å²) in [5.41, 5.74) is -2.56. The van der Waals surface area contributed by atoms with E-state index in [0.717, 1.165) is 0 Å². The van der Waals surface area contributed by atoms with Gasteiger partial charge in [-0.05, 0) is 67.5 Å². The highest BCUT2D eigenvalue weighted by molar-refractivity contribution is 6.00. The highest BCUT2D eigenvalue weighted by Crippen LogP contribution is 2.40. The van der Waals surface area contributed by atoms with Crippen molar-refractivity contribution in [3.8, 4) is 0 Å². The molecule has 12 nitrogen and oxygen atoms in total. The van der Waals surface area contributed by atoms with Crippen LogP contribution in [0.15, 0.2) is 0 Å². The summed E-state index contributed by atoms with van der Waals surface area (Å²) in [7, 11) is 5.22. The molecule has 13 atom stereocenters. The number of rotatable bonds is 6. The molecule has 0 saturated carbocycles. The lowest BCUT2D eigenvalue weighted by atomic mass is 9.72. The fraction of sp³-hybridized carbons (Fsp3) is 0.875. The first kappa shape index (κ1) is 36.3. The molecule has 0 bridgehead atoms. The Labute approximate surface area is 261 Å². The first-order valence-electron chi connectivity index (χ1n) is 15.9. The number of amides is 1. The van der Waals surface area contributed by atoms with Gasteiger partial charge in [0.05, 0.1) is 23.9 Å². The smallest absolute Gasteiger partial charge is 0.408 e. The van der Waals surface area contributed by atoms with E-state index >= 15 is 0 Å². The molecule has 3 unspecified atom stereocenters. The summed E-state index contributed by atoms with van der Waals surface area (Å²) in [4.78, 5) is 56.2. The van der Waals surface area contributed by atoms with Crippen molar-refractivity contribution in [2.45, 2.75) is 135 Å². The fourth-order valence-corrected chi connectivity index (χ4v) is 7.42. The molecule has 1 amide bonds. The number of nitrogens with zero attached hydrogens (tertiary/aromatic N) is 1. The number of esters is 1. The topological polar surface area (TPSA) is 150 Å². The van der Waals surface area contributed by atoms with E-state index in [0.29, 0.717) is 19.3 Å². The molecule has 0 aromatic carbocycles. The van der Waals surface area contributed by atoms with Crippen molar-refractivity contribution in [3.63, 3.8) is 0 Å². The lowest BCUT2D eigenvalue weighted by Crippen LogP contribution is -2.60. The van der Waals surface area contributed by atoms with Crippen molar-refractivity contribution in [3.05, 3.63) is 0 Å². The number of nitrogens with one attached hydrogen (secondary N) is 1. The van der Waals surface area contributed by atoms with Gasteiger partial charge in [0.2, 0.25) is 0 Å². The maximum Gasteiger partial charge on any atom is 0.408 e. The van der Waals surface area contributed by atoms with Crippen LogP contribution < -0.4 is 5.32 Å². The zero-order valence-corrected chi connectivity index (χ0v) is 28.2. The number of cyclic esters (lactones) is 1. The molecule has 0 spiro atoms. The van der Waals surface area contributed by atoms with Crippen LogP contribution in [-0.4, -0.2) is 109 Å². The van der Waals surface area contributed by atoms with Crippen molar-refractivity contribution < 1.29 is 48.0 Å². The van der Waals surface area contributed by atoms with Gasteiger partial charge in [-0.15, -0.1) is 0 Å². The van der Waals surface area contributed by atoms with Crippen LogP contribution >= 0.6 is 0 Å². The summed E-state index contributed by atoms with van der Waals surface area (Å²) >= 11 is 0. The number of carbonyl (C=O) groups is 4. The minimum Gasteiger partial charge on any atom is -0.458 e. The Hall–Kier alpha value is -2.12. The molecule has 0 aromatic rings. The SMILES string of the molecule is CCC1C(=O)[C@H](C)C[C@](C)(OC)[C@H](OC2O[C@H](C)C[C@H](N(C)C)[C@H]2O)[C@@H](C)C(=O)[C@@H](C)C(=O)OC(CC)[C@@]2(C)OC(=O)N[C@H]12. The number of hydrogen-bond donors (Lipinski definition) is 2. The largest absolute Gasteiger partial charge is 0.458 e. The number of ether oxygens (including phenoxy) is 5. The van der Waals surface area contributed by atoms with E-state index in [1.54, 1.807) is 34.6 Å². The third kappa shape index (κ3) is 6.99. The average molecular weight is 627 g/mol. The van der Waals surface area contributed by atoms with Gasteiger partial charge in [0.1, 0.15) is 23.9 Å². The van der Waals surface area contributed by atoms with Crippen LogP contribution in [0.2, 0.25) is 0 Å². The van der Waals surface area contributed by atoms with Gasteiger partial charge in [0.15, 0.2) is 17.7 Å². The number of hydrogen-bond acceptors (Lipinski definition) is 11. The third-order valence-corrected chi connectivity index (χ3v) is 10.2. The predicted molar refractivity (Wildman–Crippen MR) is 161 cm³/mol. The number of ketones is 2. The second-order valence-electron chi connectivity index (χ2n) is 13.6. The van der Waals surface area contributed by atoms with Gasteiger partial charge in [0.25, 0.3) is 0 Å². The number of aliphatic hydroxyl groups excluding tert-OH is 1. The summed E-state index contributed by atoms with van der Waals surface area (Å²) in [5.74, 6) is -4.70. The number of aliphatic hydroxyl groups is 1. The van der Waals surface area contributed by atoms with Crippen LogP contribution in [0.1, 0.15) is 81.1 Å². The number of Topliss-reactive ketones (excluding diaryl/α,β-unsaturated/α-hetero) is 2. The first-order valence-corrected chi connectivity index (χ1v) is 15.9. The summed E-state index contributed by atoms with van der Waals surface area (Å²) < 4.78 is 30.3. The van der Waals surface area contributed by atoms with Crippen LogP contribution in [0.4, 0.5) is 4.79 Å². The Bertz CT molecular complexity index is 1070. The fourth-order valence-electron chi connectivity index (χ4n) is 7.42. The van der Waals surface area contributed by atoms with Gasteiger partial charge in [-0.1, -0.05) is 27.7 Å². The lowest BCUT2D eigenvalue weighted by Gasteiger charge is -2.47. The van der Waals surface area contributed by atoms with E-state index in [2.05, 4.69) is 5.32 Å². The molecule has 252 valence electrons. The molecule has 0 radical (unpaired) electrons. The monoisotopic (exact) mass is 626 g/mol. The van der Waals surface area contributed by atoms with E-state index in [-0.39, 0.29) is 24.3 Å². The minimum atomic E-state index is -1.33. The summed E-state index contributed by atoms with van der Waals surface area (Å²) in [5, 5.41) is 14.1. The molecule has 3 saturated heterocycles. The average Bonchev–Trinajstić information content (AvgIpc) is 3.28. The Balaban J connectivity index is 2.11. The van der Waals surface area contributed by atoms with Crippen LogP contribution in [0, 0.1) is 23.7 Å². The van der Waals surface area contributed by atoms with Crippen molar-refractivity contribution in [2.75, 3.05) is 21.2 Å². The number of methoxy groups -OCH3 is 1. The normalized spacial score (nSPS) is 44.4. The second-order valence-corrected chi connectivity index (χ2v) is 13.6. The standard InChI is InChI=1S/C32H54N2O10/c1-12-20-23(35)16(3)15-31(7,40-11)27(43-29-25(37)21(34(9)10)14-17(4)41-29)18(5)24(36)19(6)28(38)42-22(13-2)32(8)26(20)33-30(39)44-32/h16-22,25-27,29,37H,12-15H2,1-11H3,(H,33,39)/t16-,17-,18+,19-,20?,21+,22?,25-,26-,27-,29?,31+,32-/m1/s1. The van der Waals surface area contributed by atoms with Crippen molar-refractivity contribution in [1.29, 1.82) is 0 Å². The van der Waals surface area contributed by atoms with Crippen molar-refractivity contribution in [2.24, 2.45) is 23.7 Å². The van der Waals surface area contributed by atoms with Crippen molar-refractivity contribution in [1.82, 2.24) is 10.2 Å². The Morgan fingerprint density at radius 3 is 2.20 bits per heavy atom. The zero-order chi connectivity index (χ0) is 33.3. The molecular weight excluding hydrogens is 572 g/mol. The Kier molecular flexibility index (Phi) is 11.7. The number of alkyl carbamates (subject to hydrolysis) is 1. The third-order valence-electron chi connectivity index (χ3n) is 10.2. The maximum atomic E-state index is 14.2. The molecule has 3 aliphatic rings. The van der Waals surface area contributed by atoms with E-state index in [1.165, 1.54) is 14.0 Å². The van der Waals surface area contributed by atoms with Gasteiger partial charge < -0.3 is 39.0 Å². The summed E-state index contributed by atoms with van der Waals surface area (Å²) in [6.45, 7) is 13.9. The second kappa shape index (κ2) is 14.1. The van der Waals surface area contributed by atoms with Gasteiger partial charge in [0, 0.05) is 30.9 Å². The molecule has 44 heavy (non-hydrogen) atoms. The van der Waals surface area contributed by atoms with Crippen molar-refractivity contribution >= 4 is 23.6 Å². The summed E-state index contributed by atoms with van der Waals surface area (Å²) in [6, 6.07) is -1.03. The van der Waals surface area contributed by atoms with Crippen LogP contribution in [0.25, 0.3) is 0 Å². The molecular formula is C32H54N2O10. The molecule has 3 fully saturated rings. The molecule has 2 N–H and O–H groups in total. The Morgan fingerprint density at radius 1 is 1.02 bits per heavy atom. The molecule has 3 heterocycles. The van der Waals surface area contributed by atoms with Gasteiger partial charge >= 0.3 is 12.1 Å². The number of fused-ring (bicyclic) bond motifs is 1. The van der Waals surface area contributed by atoms with Crippen LogP contribution in [0.5, 0.6) is 0 Å². The predicted octanol–water partition coefficient (Wildman–Crippen LogP) is 2.87. The number of likely N-dealkylation sites (N-methyl/N-ethyl adjacent to an activating group) is 1. The van der Waals surface area contributed by atoms with Crippen LogP contribution in [-0.2, 0) is 38.1 Å². The minimum absolute atomic E-state index is 0.127. The maximum absolute atomic E-state index is 14.2. The van der Waals surface area contributed by atoms with Gasteiger partial charge in [-0.25, -0.2) is 4.79 Å². The van der Waals surface area contributed by atoms with Gasteiger partial charge in [-0.3, -0.25) is 14.4 Å². The highest BCUT2D eigenvalue weighted by Gasteiger charge is 2.57. The van der Waals surface area contributed by atoms with Gasteiger partial charge in [-0.2, -0.15) is 0 Å². The lowest BCUT2D eigenvalue weighted by molar-refractivity contribution is -0.295. The van der Waals surface area contributed by atoms with E-state index in [4.69, 9.17) is 23.7 Å². The molecule has 3 rings (SSSR count). The molecule has 3 aliphatic heterocycles. The summed E-state index contributed by atoms with van der Waals surface area (Å²) in [6.07, 6.45) is -3.54. The highest BCUT2D eigenvalue weighted by atomic mass is 16.7. The van der Waals surface area contributed by atoms with Crippen LogP contribution in [0.3, 0.4) is 0 Å².